The molecule has 43 heavy (non-hydrogen) atoms. The predicted molar refractivity (Wildman–Crippen MR) is 168 cm³/mol. The van der Waals surface area contributed by atoms with Gasteiger partial charge in [-0.05, 0) is 74.4 Å². The minimum absolute atomic E-state index is 0.136. The van der Waals surface area contributed by atoms with Crippen LogP contribution in [0.3, 0.4) is 0 Å². The largest absolute Gasteiger partial charge is 0.494 e. The second-order valence-electron chi connectivity index (χ2n) is 9.73. The molecule has 0 aliphatic heterocycles. The molecule has 0 spiro atoms. The van der Waals surface area contributed by atoms with Crippen LogP contribution < -0.4 is 10.1 Å². The molecule has 0 atom stereocenters. The highest BCUT2D eigenvalue weighted by atomic mass is 32.2. The van der Waals surface area contributed by atoms with Crippen molar-refractivity contribution >= 4 is 27.7 Å². The van der Waals surface area contributed by atoms with Crippen LogP contribution >= 0.6 is 0 Å². The number of carbonyl (C=O) groups is 1. The van der Waals surface area contributed by atoms with Crippen LogP contribution in [-0.4, -0.2) is 48.1 Å². The van der Waals surface area contributed by atoms with Gasteiger partial charge in [-0.1, -0.05) is 44.2 Å². The fraction of sp³-hybridized carbons (Fsp3) is 0.242. The highest BCUT2D eigenvalue weighted by Crippen LogP contribution is 2.29. The highest BCUT2D eigenvalue weighted by Gasteiger charge is 2.24. The van der Waals surface area contributed by atoms with Crippen LogP contribution in [0.4, 0.5) is 5.69 Å². The van der Waals surface area contributed by atoms with E-state index in [4.69, 9.17) is 9.84 Å². The number of carbonyl (C=O) groups excluding carboxylic acids is 1. The Balaban J connectivity index is 1.75. The van der Waals surface area contributed by atoms with Gasteiger partial charge < -0.3 is 10.1 Å². The van der Waals surface area contributed by atoms with Crippen molar-refractivity contribution in [3.8, 4) is 28.8 Å². The zero-order valence-electron chi connectivity index (χ0n) is 24.5. The standard InChI is InChI=1S/C33H35N5O4S/c1-4-19-37(20-5-2)43(40,41)31-14-10-11-25(22-31)32-27(24-38(36-32)29-12-8-7-9-13-29)21-26(23-34)33(39)35-28-15-17-30(18-16-28)42-6-3/h7-18,21-22,24H,4-6,19-20H2,1-3H3,(H,35,39)/b26-21-. The van der Waals surface area contributed by atoms with E-state index in [9.17, 15) is 18.5 Å². The number of nitrogens with zero attached hydrogens (tertiary/aromatic N) is 4. The van der Waals surface area contributed by atoms with Crippen molar-refractivity contribution in [2.75, 3.05) is 25.0 Å². The number of aromatic nitrogens is 2. The predicted octanol–water partition coefficient (Wildman–Crippen LogP) is 6.29. The van der Waals surface area contributed by atoms with E-state index in [1.807, 2.05) is 57.2 Å². The molecule has 0 saturated heterocycles. The third-order valence-corrected chi connectivity index (χ3v) is 8.44. The van der Waals surface area contributed by atoms with Gasteiger partial charge in [-0.25, -0.2) is 13.1 Å². The first-order valence-corrected chi connectivity index (χ1v) is 15.7. The van der Waals surface area contributed by atoms with Crippen LogP contribution in [0, 0.1) is 11.3 Å². The van der Waals surface area contributed by atoms with Crippen molar-refractivity contribution in [1.29, 1.82) is 5.26 Å². The summed E-state index contributed by atoms with van der Waals surface area (Å²) in [7, 11) is -3.74. The monoisotopic (exact) mass is 597 g/mol. The summed E-state index contributed by atoms with van der Waals surface area (Å²) in [5.41, 5.74) is 2.59. The molecule has 0 radical (unpaired) electrons. The van der Waals surface area contributed by atoms with E-state index in [2.05, 4.69) is 5.32 Å². The van der Waals surface area contributed by atoms with Crippen molar-refractivity contribution in [1.82, 2.24) is 14.1 Å². The van der Waals surface area contributed by atoms with Crippen molar-refractivity contribution in [2.45, 2.75) is 38.5 Å². The van der Waals surface area contributed by atoms with E-state index in [1.165, 1.54) is 10.4 Å². The molecular weight excluding hydrogens is 562 g/mol. The number of hydrogen-bond donors (Lipinski definition) is 1. The van der Waals surface area contributed by atoms with Gasteiger partial charge in [-0.3, -0.25) is 4.79 Å². The van der Waals surface area contributed by atoms with Gasteiger partial charge >= 0.3 is 0 Å². The quantitative estimate of drug-likeness (QED) is 0.143. The Bertz CT molecular complexity index is 1720. The topological polar surface area (TPSA) is 117 Å². The number of nitrogens with one attached hydrogen (secondary N) is 1. The summed E-state index contributed by atoms with van der Waals surface area (Å²) in [5.74, 6) is 0.0856. The first-order chi connectivity index (χ1) is 20.8. The molecule has 0 saturated carbocycles. The smallest absolute Gasteiger partial charge is 0.266 e. The van der Waals surface area contributed by atoms with E-state index < -0.39 is 15.9 Å². The first kappa shape index (κ1) is 31.2. The van der Waals surface area contributed by atoms with Gasteiger partial charge in [-0.2, -0.15) is 14.7 Å². The van der Waals surface area contributed by atoms with Crippen molar-refractivity contribution < 1.29 is 17.9 Å². The second kappa shape index (κ2) is 14.4. The van der Waals surface area contributed by atoms with E-state index in [1.54, 1.807) is 59.4 Å². The molecule has 0 fully saturated rings. The maximum absolute atomic E-state index is 13.5. The third kappa shape index (κ3) is 7.57. The van der Waals surface area contributed by atoms with E-state index in [-0.39, 0.29) is 10.5 Å². The van der Waals surface area contributed by atoms with Gasteiger partial charge in [-0.15, -0.1) is 0 Å². The molecule has 4 aromatic rings. The van der Waals surface area contributed by atoms with Crippen LogP contribution in [-0.2, 0) is 14.8 Å². The Hall–Kier alpha value is -4.72. The van der Waals surface area contributed by atoms with Gasteiger partial charge in [0.15, 0.2) is 0 Å². The Labute approximate surface area is 253 Å². The lowest BCUT2D eigenvalue weighted by molar-refractivity contribution is -0.112. The van der Waals surface area contributed by atoms with Gasteiger partial charge in [0.1, 0.15) is 23.1 Å². The van der Waals surface area contributed by atoms with Crippen LogP contribution in [0.15, 0.2) is 95.5 Å². The Morgan fingerprint density at radius 3 is 2.33 bits per heavy atom. The summed E-state index contributed by atoms with van der Waals surface area (Å²) in [6, 6.07) is 24.9. The molecule has 0 aliphatic carbocycles. The van der Waals surface area contributed by atoms with Gasteiger partial charge in [0.05, 0.1) is 17.2 Å². The molecule has 1 N–H and O–H groups in total. The molecule has 9 nitrogen and oxygen atoms in total. The summed E-state index contributed by atoms with van der Waals surface area (Å²) in [4.78, 5) is 13.3. The third-order valence-electron chi connectivity index (χ3n) is 6.54. The number of para-hydroxylation sites is 1. The number of benzene rings is 3. The first-order valence-electron chi connectivity index (χ1n) is 14.2. The average Bonchev–Trinajstić information content (AvgIpc) is 3.45. The number of ether oxygens (including phenoxy) is 1. The van der Waals surface area contributed by atoms with Crippen molar-refractivity contribution in [3.05, 3.63) is 96.2 Å². The van der Waals surface area contributed by atoms with Crippen molar-refractivity contribution in [2.24, 2.45) is 0 Å². The fourth-order valence-corrected chi connectivity index (χ4v) is 6.21. The van der Waals surface area contributed by atoms with Crippen molar-refractivity contribution in [3.63, 3.8) is 0 Å². The lowest BCUT2D eigenvalue weighted by Crippen LogP contribution is -2.32. The average molecular weight is 598 g/mol. The summed E-state index contributed by atoms with van der Waals surface area (Å²) in [6.07, 6.45) is 4.58. The van der Waals surface area contributed by atoms with Crippen LogP contribution in [0.25, 0.3) is 23.0 Å². The molecule has 10 heteroatoms. The van der Waals surface area contributed by atoms with Crippen LogP contribution in [0.2, 0.25) is 0 Å². The van der Waals surface area contributed by atoms with Gasteiger partial charge in [0.25, 0.3) is 5.91 Å². The maximum atomic E-state index is 13.5. The van der Waals surface area contributed by atoms with Gasteiger partial charge in [0.2, 0.25) is 10.0 Å². The molecule has 222 valence electrons. The molecule has 3 aromatic carbocycles. The van der Waals surface area contributed by atoms with E-state index in [0.717, 1.165) is 5.69 Å². The molecule has 0 unspecified atom stereocenters. The Morgan fingerprint density at radius 2 is 1.70 bits per heavy atom. The second-order valence-corrected chi connectivity index (χ2v) is 11.7. The summed E-state index contributed by atoms with van der Waals surface area (Å²) < 4.78 is 35.7. The summed E-state index contributed by atoms with van der Waals surface area (Å²) >= 11 is 0. The minimum atomic E-state index is -3.74. The fourth-order valence-electron chi connectivity index (χ4n) is 4.54. The number of rotatable bonds is 13. The summed E-state index contributed by atoms with van der Waals surface area (Å²) in [5, 5.41) is 17.4. The van der Waals surface area contributed by atoms with Gasteiger partial charge in [0, 0.05) is 36.1 Å². The number of anilines is 1. The Morgan fingerprint density at radius 1 is 1.00 bits per heavy atom. The molecule has 0 aliphatic rings. The number of hydrogen-bond acceptors (Lipinski definition) is 6. The maximum Gasteiger partial charge on any atom is 0.266 e. The SMILES string of the molecule is CCCN(CCC)S(=O)(=O)c1cccc(-c2nn(-c3ccccc3)cc2/C=C(/C#N)C(=O)Nc2ccc(OCC)cc2)c1. The number of amides is 1. The Kier molecular flexibility index (Phi) is 10.5. The van der Waals surface area contributed by atoms with E-state index in [0.29, 0.717) is 60.8 Å². The highest BCUT2D eigenvalue weighted by molar-refractivity contribution is 7.89. The molecule has 1 heterocycles. The van der Waals surface area contributed by atoms with Crippen LogP contribution in [0.1, 0.15) is 39.2 Å². The van der Waals surface area contributed by atoms with Crippen LogP contribution in [0.5, 0.6) is 5.75 Å². The molecule has 4 rings (SSSR count). The zero-order chi connectivity index (χ0) is 30.8. The lowest BCUT2D eigenvalue weighted by atomic mass is 10.1. The normalized spacial score (nSPS) is 11.7. The molecule has 1 amide bonds. The molecular formula is C33H35N5O4S. The summed E-state index contributed by atoms with van der Waals surface area (Å²) in [6.45, 7) is 7.15. The molecule has 0 bridgehead atoms. The number of nitriles is 1. The lowest BCUT2D eigenvalue weighted by Gasteiger charge is -2.21. The molecule has 1 aromatic heterocycles. The van der Waals surface area contributed by atoms with E-state index >= 15 is 0 Å². The number of sulfonamides is 1. The minimum Gasteiger partial charge on any atom is -0.494 e. The zero-order valence-corrected chi connectivity index (χ0v) is 25.3.